The van der Waals surface area contributed by atoms with Gasteiger partial charge in [0, 0.05) is 31.9 Å². The van der Waals surface area contributed by atoms with Crippen molar-refractivity contribution in [3.8, 4) is 11.1 Å². The van der Waals surface area contributed by atoms with Gasteiger partial charge in [0.2, 0.25) is 0 Å². The summed E-state index contributed by atoms with van der Waals surface area (Å²) in [5.74, 6) is -1.43. The second-order valence-electron chi connectivity index (χ2n) is 9.85. The Morgan fingerprint density at radius 1 is 1.14 bits per heavy atom. The molecule has 10 heteroatoms. The van der Waals surface area contributed by atoms with Crippen LogP contribution in [0.5, 0.6) is 0 Å². The van der Waals surface area contributed by atoms with Gasteiger partial charge in [-0.05, 0) is 48.6 Å². The van der Waals surface area contributed by atoms with Crippen LogP contribution in [0.15, 0.2) is 53.6 Å². The van der Waals surface area contributed by atoms with Crippen molar-refractivity contribution in [2.75, 3.05) is 32.6 Å². The molecule has 37 heavy (non-hydrogen) atoms. The molecule has 3 aromatic rings. The first-order chi connectivity index (χ1) is 17.5. The molecule has 1 fully saturated rings. The zero-order chi connectivity index (χ0) is 26.8. The predicted octanol–water partition coefficient (Wildman–Crippen LogP) is 3.12. The largest absolute Gasteiger partial charge is 0.480 e. The standard InChI is InChI=1S/C27H33N3O6S/c1-4-22(16-27(2,26(32)33)37(3,34)35)30-18-28-24-15-21(9-10-23(24)25(30)31)20-7-5-19(6-8-20)17-29-11-13-36-14-12-29/h5-10,15,18,22H,4,11-14,16-17H2,1-3H3,(H,32,33). The highest BCUT2D eigenvalue weighted by Gasteiger charge is 2.45. The molecule has 0 bridgehead atoms. The highest BCUT2D eigenvalue weighted by Crippen LogP contribution is 2.30. The number of ether oxygens (including phenoxy) is 1. The number of nitrogens with zero attached hydrogens (tertiary/aromatic N) is 3. The van der Waals surface area contributed by atoms with Gasteiger partial charge in [-0.15, -0.1) is 0 Å². The summed E-state index contributed by atoms with van der Waals surface area (Å²) in [4.78, 5) is 32.0. The molecular formula is C27H33N3O6S. The normalized spacial score (nSPS) is 17.4. The Balaban J connectivity index is 1.59. The maximum Gasteiger partial charge on any atom is 0.324 e. The van der Waals surface area contributed by atoms with E-state index in [2.05, 4.69) is 34.1 Å². The zero-order valence-corrected chi connectivity index (χ0v) is 22.2. The number of hydrogen-bond donors (Lipinski definition) is 1. The summed E-state index contributed by atoms with van der Waals surface area (Å²) in [6, 6.07) is 13.1. The van der Waals surface area contributed by atoms with Gasteiger partial charge < -0.3 is 9.84 Å². The van der Waals surface area contributed by atoms with Crippen molar-refractivity contribution >= 4 is 26.7 Å². The number of carboxylic acid groups (broad SMARTS) is 1. The van der Waals surface area contributed by atoms with Crippen molar-refractivity contribution < 1.29 is 23.1 Å². The molecule has 1 saturated heterocycles. The number of aromatic nitrogens is 2. The lowest BCUT2D eigenvalue weighted by molar-refractivity contribution is -0.140. The smallest absolute Gasteiger partial charge is 0.324 e. The number of carbonyl (C=O) groups is 1. The van der Waals surface area contributed by atoms with E-state index in [1.54, 1.807) is 13.0 Å². The van der Waals surface area contributed by atoms with Crippen molar-refractivity contribution in [3.63, 3.8) is 0 Å². The van der Waals surface area contributed by atoms with Crippen LogP contribution in [0.4, 0.5) is 0 Å². The fourth-order valence-electron chi connectivity index (χ4n) is 4.68. The molecule has 0 spiro atoms. The van der Waals surface area contributed by atoms with Crippen molar-refractivity contribution in [2.24, 2.45) is 0 Å². The topological polar surface area (TPSA) is 119 Å². The Bertz CT molecular complexity index is 1450. The number of morpholine rings is 1. The molecule has 0 amide bonds. The summed E-state index contributed by atoms with van der Waals surface area (Å²) in [5, 5.41) is 10.0. The molecule has 1 aliphatic heterocycles. The van der Waals surface area contributed by atoms with Gasteiger partial charge in [-0.2, -0.15) is 0 Å². The summed E-state index contributed by atoms with van der Waals surface area (Å²) < 4.78 is 29.3. The number of hydrogen-bond acceptors (Lipinski definition) is 7. The number of benzene rings is 2. The first kappa shape index (κ1) is 27.0. The van der Waals surface area contributed by atoms with Crippen LogP contribution in [0, 0.1) is 0 Å². The van der Waals surface area contributed by atoms with Crippen molar-refractivity contribution in [2.45, 2.75) is 44.0 Å². The average molecular weight is 528 g/mol. The molecule has 1 N–H and O–H groups in total. The molecule has 0 radical (unpaired) electrons. The van der Waals surface area contributed by atoms with Gasteiger partial charge in [0.15, 0.2) is 14.6 Å². The molecule has 2 unspecified atom stereocenters. The summed E-state index contributed by atoms with van der Waals surface area (Å²) in [6.45, 7) is 7.24. The number of sulfone groups is 1. The van der Waals surface area contributed by atoms with E-state index in [-0.39, 0.29) is 12.0 Å². The lowest BCUT2D eigenvalue weighted by Gasteiger charge is -2.28. The van der Waals surface area contributed by atoms with E-state index in [9.17, 15) is 23.1 Å². The molecule has 1 aromatic heterocycles. The SMILES string of the molecule is CCC(CC(C)(C(=O)O)S(C)(=O)=O)n1cnc2cc(-c3ccc(CN4CCOCC4)cc3)ccc2c1=O. The third-order valence-electron chi connectivity index (χ3n) is 7.34. The fraction of sp³-hybridized carbons (Fsp3) is 0.444. The molecule has 9 nitrogen and oxygen atoms in total. The number of rotatable bonds is 9. The van der Waals surface area contributed by atoms with E-state index in [4.69, 9.17) is 4.74 Å². The van der Waals surface area contributed by atoms with E-state index in [1.807, 2.05) is 12.1 Å². The summed E-state index contributed by atoms with van der Waals surface area (Å²) in [6.07, 6.45) is 2.44. The Labute approximate surface area is 216 Å². The third kappa shape index (κ3) is 5.61. The number of fused-ring (bicyclic) bond motifs is 1. The second kappa shape index (κ2) is 10.7. The van der Waals surface area contributed by atoms with Gasteiger partial charge in [0.05, 0.1) is 30.4 Å². The van der Waals surface area contributed by atoms with Crippen LogP contribution in [0.2, 0.25) is 0 Å². The van der Waals surface area contributed by atoms with Gasteiger partial charge in [-0.25, -0.2) is 13.4 Å². The van der Waals surface area contributed by atoms with Crippen LogP contribution in [-0.4, -0.2) is 71.3 Å². The van der Waals surface area contributed by atoms with Crippen LogP contribution in [-0.2, 0) is 25.9 Å². The molecule has 2 aromatic carbocycles. The minimum atomic E-state index is -3.92. The molecule has 0 aliphatic carbocycles. The lowest BCUT2D eigenvalue weighted by Crippen LogP contribution is -2.45. The Hall–Kier alpha value is -3.08. The van der Waals surface area contributed by atoms with Crippen LogP contribution in [0.25, 0.3) is 22.0 Å². The highest BCUT2D eigenvalue weighted by atomic mass is 32.2. The summed E-state index contributed by atoms with van der Waals surface area (Å²) in [5.41, 5.74) is 3.36. The van der Waals surface area contributed by atoms with Crippen molar-refractivity contribution in [1.29, 1.82) is 0 Å². The van der Waals surface area contributed by atoms with Gasteiger partial charge >= 0.3 is 5.97 Å². The van der Waals surface area contributed by atoms with E-state index in [0.29, 0.717) is 17.3 Å². The van der Waals surface area contributed by atoms with E-state index >= 15 is 0 Å². The number of aliphatic carboxylic acids is 1. The van der Waals surface area contributed by atoms with E-state index < -0.39 is 26.6 Å². The maximum absolute atomic E-state index is 13.3. The molecule has 2 heterocycles. The molecule has 4 rings (SSSR count). The first-order valence-electron chi connectivity index (χ1n) is 12.4. The van der Waals surface area contributed by atoms with Crippen LogP contribution >= 0.6 is 0 Å². The molecular weight excluding hydrogens is 494 g/mol. The third-order valence-corrected chi connectivity index (χ3v) is 9.32. The zero-order valence-electron chi connectivity index (χ0n) is 21.4. The number of carboxylic acids is 1. The minimum absolute atomic E-state index is 0.236. The van der Waals surface area contributed by atoms with Crippen molar-refractivity contribution in [3.05, 3.63) is 64.7 Å². The molecule has 198 valence electrons. The lowest BCUT2D eigenvalue weighted by atomic mass is 9.98. The minimum Gasteiger partial charge on any atom is -0.480 e. The van der Waals surface area contributed by atoms with Gasteiger partial charge in [-0.1, -0.05) is 37.3 Å². The van der Waals surface area contributed by atoms with Crippen molar-refractivity contribution in [1.82, 2.24) is 14.5 Å². The van der Waals surface area contributed by atoms with Crippen LogP contribution in [0.1, 0.15) is 38.3 Å². The second-order valence-corrected chi connectivity index (χ2v) is 12.3. The average Bonchev–Trinajstić information content (AvgIpc) is 2.88. The van der Waals surface area contributed by atoms with Crippen LogP contribution in [0.3, 0.4) is 0 Å². The summed E-state index contributed by atoms with van der Waals surface area (Å²) in [7, 11) is -3.92. The van der Waals surface area contributed by atoms with Gasteiger partial charge in [-0.3, -0.25) is 19.1 Å². The monoisotopic (exact) mass is 527 g/mol. The van der Waals surface area contributed by atoms with Gasteiger partial charge in [0.25, 0.3) is 5.56 Å². The predicted molar refractivity (Wildman–Crippen MR) is 142 cm³/mol. The van der Waals surface area contributed by atoms with E-state index in [0.717, 1.165) is 50.2 Å². The fourth-order valence-corrected chi connectivity index (χ4v) is 5.49. The van der Waals surface area contributed by atoms with E-state index in [1.165, 1.54) is 23.4 Å². The first-order valence-corrected chi connectivity index (χ1v) is 14.3. The van der Waals surface area contributed by atoms with Gasteiger partial charge in [0.1, 0.15) is 0 Å². The maximum atomic E-state index is 13.3. The molecule has 1 aliphatic rings. The Kier molecular flexibility index (Phi) is 7.82. The van der Waals surface area contributed by atoms with Crippen LogP contribution < -0.4 is 5.56 Å². The highest BCUT2D eigenvalue weighted by molar-refractivity contribution is 7.92. The quantitative estimate of drug-likeness (QED) is 0.451. The Morgan fingerprint density at radius 2 is 1.78 bits per heavy atom. The Morgan fingerprint density at radius 3 is 2.38 bits per heavy atom. The summed E-state index contributed by atoms with van der Waals surface area (Å²) >= 11 is 0. The molecule has 2 atom stereocenters. The molecule has 0 saturated carbocycles.